The van der Waals surface area contributed by atoms with Crippen molar-refractivity contribution < 1.29 is 24.2 Å². The molecule has 0 radical (unpaired) electrons. The Labute approximate surface area is 181 Å². The summed E-state index contributed by atoms with van der Waals surface area (Å²) >= 11 is 0. The van der Waals surface area contributed by atoms with Gasteiger partial charge in [0.25, 0.3) is 0 Å². The molecule has 2 aromatic carbocycles. The van der Waals surface area contributed by atoms with E-state index >= 15 is 0 Å². The number of hydrogen-bond acceptors (Lipinski definition) is 5. The highest BCUT2D eigenvalue weighted by Gasteiger charge is 2.47. The Balaban J connectivity index is 1.55. The minimum absolute atomic E-state index is 0.0771. The predicted octanol–water partition coefficient (Wildman–Crippen LogP) is 2.42. The van der Waals surface area contributed by atoms with Crippen LogP contribution in [0.15, 0.2) is 54.6 Å². The predicted molar refractivity (Wildman–Crippen MR) is 115 cm³/mol. The monoisotopic (exact) mass is 425 g/mol. The molecule has 164 valence electrons. The average molecular weight is 425 g/mol. The van der Waals surface area contributed by atoms with Crippen LogP contribution in [0.4, 0.5) is 10.5 Å². The summed E-state index contributed by atoms with van der Waals surface area (Å²) in [5.41, 5.74) is 1.03. The fourth-order valence-electron chi connectivity index (χ4n) is 3.42. The summed E-state index contributed by atoms with van der Waals surface area (Å²) in [6.45, 7) is 3.65. The minimum atomic E-state index is -1.13. The Morgan fingerprint density at radius 2 is 1.81 bits per heavy atom. The lowest BCUT2D eigenvalue weighted by atomic mass is 10.0. The molecule has 0 spiro atoms. The highest BCUT2D eigenvalue weighted by molar-refractivity contribution is 5.99. The topological polar surface area (TPSA) is 108 Å². The Bertz CT molecular complexity index is 932. The molecule has 3 amide bonds. The van der Waals surface area contributed by atoms with E-state index in [-0.39, 0.29) is 25.0 Å². The third-order valence-electron chi connectivity index (χ3n) is 5.43. The second-order valence-electron chi connectivity index (χ2n) is 7.79. The number of nitrogens with one attached hydrogen (secondary N) is 2. The van der Waals surface area contributed by atoms with Gasteiger partial charge in [0.1, 0.15) is 18.2 Å². The molecule has 1 aliphatic rings. The van der Waals surface area contributed by atoms with E-state index < -0.39 is 17.7 Å². The fourth-order valence-corrected chi connectivity index (χ4v) is 3.42. The van der Waals surface area contributed by atoms with Gasteiger partial charge in [0.05, 0.1) is 6.61 Å². The van der Waals surface area contributed by atoms with Crippen LogP contribution >= 0.6 is 0 Å². The summed E-state index contributed by atoms with van der Waals surface area (Å²) in [4.78, 5) is 39.3. The number of benzene rings is 2. The molecule has 2 atom stereocenters. The van der Waals surface area contributed by atoms with Gasteiger partial charge in [-0.25, -0.2) is 4.79 Å². The smallest absolute Gasteiger partial charge is 0.408 e. The van der Waals surface area contributed by atoms with Crippen LogP contribution in [0.25, 0.3) is 0 Å². The molecule has 3 N–H and O–H groups in total. The number of likely N-dealkylation sites (tertiary alicyclic amines) is 1. The molecule has 8 nitrogen and oxygen atoms in total. The Morgan fingerprint density at radius 3 is 2.45 bits per heavy atom. The van der Waals surface area contributed by atoms with Gasteiger partial charge in [-0.05, 0) is 43.5 Å². The molecular weight excluding hydrogens is 398 g/mol. The van der Waals surface area contributed by atoms with Crippen molar-refractivity contribution in [3.05, 3.63) is 65.7 Å². The Hall–Kier alpha value is -3.39. The molecule has 8 heteroatoms. The molecule has 2 aromatic rings. The van der Waals surface area contributed by atoms with Crippen molar-refractivity contribution in [1.82, 2.24) is 10.2 Å². The first-order chi connectivity index (χ1) is 14.8. The first-order valence-corrected chi connectivity index (χ1v) is 10.1. The van der Waals surface area contributed by atoms with E-state index in [9.17, 15) is 14.4 Å². The number of rotatable bonds is 7. The molecular formula is C23H27N3O5. The summed E-state index contributed by atoms with van der Waals surface area (Å²) in [5.74, 6) is -0.663. The second kappa shape index (κ2) is 9.61. The molecule has 1 aliphatic heterocycles. The lowest BCUT2D eigenvalue weighted by Gasteiger charge is -2.27. The molecule has 0 unspecified atom stereocenters. The molecule has 0 aromatic heterocycles. The van der Waals surface area contributed by atoms with Crippen LogP contribution in [-0.4, -0.2) is 46.0 Å². The van der Waals surface area contributed by atoms with Gasteiger partial charge in [-0.1, -0.05) is 42.5 Å². The van der Waals surface area contributed by atoms with Crippen molar-refractivity contribution >= 4 is 23.6 Å². The van der Waals surface area contributed by atoms with Gasteiger partial charge in [0.2, 0.25) is 11.8 Å². The van der Waals surface area contributed by atoms with E-state index in [4.69, 9.17) is 9.84 Å². The van der Waals surface area contributed by atoms with Crippen LogP contribution < -0.4 is 10.6 Å². The van der Waals surface area contributed by atoms with Crippen molar-refractivity contribution in [1.29, 1.82) is 0 Å². The van der Waals surface area contributed by atoms with E-state index in [1.165, 1.54) is 4.90 Å². The summed E-state index contributed by atoms with van der Waals surface area (Å²) in [6, 6.07) is 15.4. The Morgan fingerprint density at radius 1 is 1.13 bits per heavy atom. The highest BCUT2D eigenvalue weighted by atomic mass is 16.5. The zero-order chi connectivity index (χ0) is 22.4. The van der Waals surface area contributed by atoms with Crippen LogP contribution in [0.5, 0.6) is 0 Å². The van der Waals surface area contributed by atoms with Crippen LogP contribution in [0.1, 0.15) is 31.4 Å². The van der Waals surface area contributed by atoms with Crippen LogP contribution in [0.2, 0.25) is 0 Å². The maximum Gasteiger partial charge on any atom is 0.408 e. The maximum atomic E-state index is 13.0. The van der Waals surface area contributed by atoms with Crippen molar-refractivity contribution in [3.63, 3.8) is 0 Å². The number of anilines is 1. The summed E-state index contributed by atoms with van der Waals surface area (Å²) in [5, 5.41) is 14.5. The van der Waals surface area contributed by atoms with E-state index in [2.05, 4.69) is 10.6 Å². The van der Waals surface area contributed by atoms with E-state index in [1.807, 2.05) is 30.3 Å². The number of carbonyl (C=O) groups is 3. The zero-order valence-corrected chi connectivity index (χ0v) is 17.6. The molecule has 1 heterocycles. The first kappa shape index (κ1) is 22.3. The van der Waals surface area contributed by atoms with Crippen molar-refractivity contribution in [2.45, 2.75) is 45.1 Å². The summed E-state index contributed by atoms with van der Waals surface area (Å²) in [6.07, 6.45) is -0.308. The quantitative estimate of drug-likeness (QED) is 0.631. The number of ether oxygens (including phenoxy) is 1. The average Bonchev–Trinajstić information content (AvgIpc) is 3.07. The molecule has 1 fully saturated rings. The van der Waals surface area contributed by atoms with Crippen molar-refractivity contribution in [3.8, 4) is 0 Å². The van der Waals surface area contributed by atoms with Crippen LogP contribution in [0, 0.1) is 0 Å². The molecule has 0 bridgehead atoms. The first-order valence-electron chi connectivity index (χ1n) is 10.1. The largest absolute Gasteiger partial charge is 0.445 e. The fraction of sp³-hybridized carbons (Fsp3) is 0.348. The van der Waals surface area contributed by atoms with Gasteiger partial charge in [0.15, 0.2) is 0 Å². The molecule has 0 saturated carbocycles. The van der Waals surface area contributed by atoms with E-state index in [1.54, 1.807) is 38.1 Å². The van der Waals surface area contributed by atoms with Gasteiger partial charge in [-0.15, -0.1) is 0 Å². The van der Waals surface area contributed by atoms with Crippen molar-refractivity contribution in [2.24, 2.45) is 0 Å². The lowest BCUT2D eigenvalue weighted by molar-refractivity contribution is -0.138. The minimum Gasteiger partial charge on any atom is -0.445 e. The van der Waals surface area contributed by atoms with Gasteiger partial charge >= 0.3 is 6.09 Å². The maximum absolute atomic E-state index is 13.0. The van der Waals surface area contributed by atoms with Crippen LogP contribution in [0.3, 0.4) is 0 Å². The normalized spacial score (nSPS) is 19.1. The highest BCUT2D eigenvalue weighted by Crippen LogP contribution is 2.25. The number of alkyl carbamates (subject to hydrolysis) is 1. The molecule has 31 heavy (non-hydrogen) atoms. The Kier molecular flexibility index (Phi) is 6.91. The van der Waals surface area contributed by atoms with E-state index in [0.29, 0.717) is 18.7 Å². The molecule has 3 rings (SSSR count). The zero-order valence-electron chi connectivity index (χ0n) is 17.6. The number of hydrogen-bond donors (Lipinski definition) is 3. The lowest BCUT2D eigenvalue weighted by Crippen LogP contribution is -2.54. The molecule has 1 saturated heterocycles. The van der Waals surface area contributed by atoms with Gasteiger partial charge in [-0.2, -0.15) is 0 Å². The second-order valence-corrected chi connectivity index (χ2v) is 7.79. The number of aliphatic hydroxyl groups is 1. The van der Waals surface area contributed by atoms with Gasteiger partial charge < -0.3 is 25.4 Å². The standard InChI is InChI=1S/C23H27N3O5/c1-16(20(28)24-19-10-8-17(14-27)9-11-19)26-13-12-23(2,21(26)29)25-22(30)31-15-18-6-4-3-5-7-18/h3-11,16,27H,12-15H2,1-2H3,(H,24,28)(H,25,30)/t16-,23+/m0/s1. The summed E-state index contributed by atoms with van der Waals surface area (Å²) in [7, 11) is 0. The van der Waals surface area contributed by atoms with Gasteiger partial charge in [-0.3, -0.25) is 9.59 Å². The number of nitrogens with zero attached hydrogens (tertiary/aromatic N) is 1. The number of amides is 3. The number of aliphatic hydroxyl groups excluding tert-OH is 1. The third kappa shape index (κ3) is 5.40. The van der Waals surface area contributed by atoms with Crippen molar-refractivity contribution in [2.75, 3.05) is 11.9 Å². The SMILES string of the molecule is C[C@@H](C(=O)Nc1ccc(CO)cc1)N1CC[C@@](C)(NC(=O)OCc2ccccc2)C1=O. The summed E-state index contributed by atoms with van der Waals surface area (Å²) < 4.78 is 5.23. The van der Waals surface area contributed by atoms with Gasteiger partial charge in [0, 0.05) is 12.2 Å². The van der Waals surface area contributed by atoms with Crippen LogP contribution in [-0.2, 0) is 27.5 Å². The number of carbonyl (C=O) groups excluding carboxylic acids is 3. The third-order valence-corrected chi connectivity index (χ3v) is 5.43. The van der Waals surface area contributed by atoms with E-state index in [0.717, 1.165) is 11.1 Å². The molecule has 0 aliphatic carbocycles.